The van der Waals surface area contributed by atoms with Gasteiger partial charge in [0.2, 0.25) is 5.88 Å². The lowest BCUT2D eigenvalue weighted by Crippen LogP contribution is -2.33. The number of nitrogen functional groups attached to an aromatic ring is 1. The van der Waals surface area contributed by atoms with E-state index in [2.05, 4.69) is 35.2 Å². The van der Waals surface area contributed by atoms with Gasteiger partial charge in [0, 0.05) is 11.4 Å². The second-order valence-corrected chi connectivity index (χ2v) is 6.33. The maximum absolute atomic E-state index is 5.95. The number of hydrogen-bond acceptors (Lipinski definition) is 5. The van der Waals surface area contributed by atoms with Crippen molar-refractivity contribution in [3.8, 4) is 5.88 Å². The van der Waals surface area contributed by atoms with Gasteiger partial charge in [-0.2, -0.15) is 4.98 Å². The fourth-order valence-corrected chi connectivity index (χ4v) is 3.70. The van der Waals surface area contributed by atoms with E-state index in [1.165, 1.54) is 10.4 Å². The Morgan fingerprint density at radius 3 is 3.10 bits per heavy atom. The van der Waals surface area contributed by atoms with Gasteiger partial charge in [0.1, 0.15) is 5.82 Å². The van der Waals surface area contributed by atoms with Gasteiger partial charge >= 0.3 is 0 Å². The second kappa shape index (κ2) is 5.93. The van der Waals surface area contributed by atoms with Crippen molar-refractivity contribution in [1.82, 2.24) is 4.98 Å². The minimum atomic E-state index is 0.343. The number of anilines is 2. The summed E-state index contributed by atoms with van der Waals surface area (Å²) in [6.07, 6.45) is 2.03. The Bertz CT molecular complexity index is 626. The number of nitrogens with two attached hydrogens (primary N) is 1. The molecule has 0 radical (unpaired) electrons. The fraction of sp³-hybridized carbons (Fsp3) is 0.438. The molecule has 1 unspecified atom stereocenters. The molecule has 0 amide bonds. The topological polar surface area (TPSA) is 51.4 Å². The third-order valence-electron chi connectivity index (χ3n) is 3.89. The fourth-order valence-electron chi connectivity index (χ4n) is 2.74. The van der Waals surface area contributed by atoms with E-state index in [0.29, 0.717) is 24.2 Å². The van der Waals surface area contributed by atoms with Crippen LogP contribution in [0.5, 0.6) is 5.88 Å². The predicted octanol–water partition coefficient (Wildman–Crippen LogP) is 3.64. The number of pyridine rings is 1. The van der Waals surface area contributed by atoms with E-state index >= 15 is 0 Å². The number of aromatic nitrogens is 1. The first-order valence-corrected chi connectivity index (χ1v) is 8.31. The largest absolute Gasteiger partial charge is 0.476 e. The van der Waals surface area contributed by atoms with Crippen LogP contribution in [0, 0.1) is 0 Å². The van der Waals surface area contributed by atoms with Crippen molar-refractivity contribution in [2.24, 2.45) is 0 Å². The van der Waals surface area contributed by atoms with Crippen LogP contribution in [-0.4, -0.2) is 18.1 Å². The summed E-state index contributed by atoms with van der Waals surface area (Å²) in [5, 5.41) is 2.18. The van der Waals surface area contributed by atoms with Crippen LogP contribution in [0.2, 0.25) is 0 Å². The van der Waals surface area contributed by atoms with Crippen molar-refractivity contribution < 1.29 is 4.74 Å². The lowest BCUT2D eigenvalue weighted by atomic mass is 10.0. The molecule has 112 valence electrons. The molecule has 0 aromatic carbocycles. The van der Waals surface area contributed by atoms with Crippen molar-refractivity contribution in [2.75, 3.05) is 23.8 Å². The molecular weight excluding hydrogens is 282 g/mol. The molecule has 2 N–H and O–H groups in total. The van der Waals surface area contributed by atoms with Gasteiger partial charge in [-0.1, -0.05) is 6.92 Å². The van der Waals surface area contributed by atoms with Crippen molar-refractivity contribution >= 4 is 22.8 Å². The van der Waals surface area contributed by atoms with Crippen molar-refractivity contribution in [2.45, 2.75) is 32.7 Å². The third-order valence-corrected chi connectivity index (χ3v) is 4.89. The Labute approximate surface area is 129 Å². The Morgan fingerprint density at radius 1 is 1.43 bits per heavy atom. The molecule has 1 atom stereocenters. The number of ether oxygens (including phenoxy) is 1. The Hall–Kier alpha value is -1.75. The summed E-state index contributed by atoms with van der Waals surface area (Å²) < 4.78 is 5.65. The summed E-state index contributed by atoms with van der Waals surface area (Å²) in [6, 6.07) is 6.45. The van der Waals surface area contributed by atoms with Crippen LogP contribution in [0.3, 0.4) is 0 Å². The molecule has 3 rings (SSSR count). The smallest absolute Gasteiger partial charge is 0.239 e. The average Bonchev–Trinajstić information content (AvgIpc) is 2.97. The predicted molar refractivity (Wildman–Crippen MR) is 88.2 cm³/mol. The molecule has 0 saturated heterocycles. The number of nitrogens with zero attached hydrogens (tertiary/aromatic N) is 2. The molecular formula is C16H21N3OS. The number of thiophene rings is 1. The maximum atomic E-state index is 5.95. The zero-order valence-corrected chi connectivity index (χ0v) is 13.3. The van der Waals surface area contributed by atoms with Gasteiger partial charge in [-0.25, -0.2) is 0 Å². The molecule has 0 bridgehead atoms. The maximum Gasteiger partial charge on any atom is 0.239 e. The Morgan fingerprint density at radius 2 is 2.29 bits per heavy atom. The Kier molecular flexibility index (Phi) is 4.01. The average molecular weight is 303 g/mol. The van der Waals surface area contributed by atoms with Gasteiger partial charge in [0.25, 0.3) is 0 Å². The third kappa shape index (κ3) is 2.70. The highest BCUT2D eigenvalue weighted by Crippen LogP contribution is 2.36. The molecule has 0 saturated carbocycles. The van der Waals surface area contributed by atoms with Gasteiger partial charge in [-0.3, -0.25) is 0 Å². The van der Waals surface area contributed by atoms with E-state index in [4.69, 9.17) is 10.5 Å². The minimum Gasteiger partial charge on any atom is -0.476 e. The van der Waals surface area contributed by atoms with E-state index in [9.17, 15) is 0 Å². The molecule has 0 aliphatic carbocycles. The van der Waals surface area contributed by atoms with E-state index in [1.54, 1.807) is 0 Å². The molecule has 5 heteroatoms. The molecule has 21 heavy (non-hydrogen) atoms. The van der Waals surface area contributed by atoms with Gasteiger partial charge in [-0.15, -0.1) is 11.3 Å². The van der Waals surface area contributed by atoms with Gasteiger partial charge in [0.05, 0.1) is 18.3 Å². The van der Waals surface area contributed by atoms with Gasteiger partial charge < -0.3 is 15.4 Å². The van der Waals surface area contributed by atoms with Gasteiger partial charge in [-0.05, 0) is 48.9 Å². The first kappa shape index (κ1) is 14.2. The van der Waals surface area contributed by atoms with E-state index in [1.807, 2.05) is 23.5 Å². The molecule has 2 aromatic rings. The van der Waals surface area contributed by atoms with E-state index < -0.39 is 0 Å². The highest BCUT2D eigenvalue weighted by molar-refractivity contribution is 7.10. The summed E-state index contributed by atoms with van der Waals surface area (Å²) in [5.41, 5.74) is 7.97. The second-order valence-electron chi connectivity index (χ2n) is 5.33. The molecule has 1 aliphatic heterocycles. The lowest BCUT2D eigenvalue weighted by Gasteiger charge is -2.34. The van der Waals surface area contributed by atoms with Crippen molar-refractivity contribution in [3.63, 3.8) is 0 Å². The highest BCUT2D eigenvalue weighted by Gasteiger charge is 2.26. The molecule has 0 spiro atoms. The number of hydrogen-bond donors (Lipinski definition) is 1. The van der Waals surface area contributed by atoms with Crippen molar-refractivity contribution in [1.29, 1.82) is 0 Å². The number of rotatable bonds is 4. The highest BCUT2D eigenvalue weighted by atomic mass is 32.1. The molecule has 0 fully saturated rings. The van der Waals surface area contributed by atoms with E-state index in [-0.39, 0.29) is 0 Å². The van der Waals surface area contributed by atoms with Crippen LogP contribution >= 0.6 is 11.3 Å². The number of fused-ring (bicyclic) bond motifs is 1. The van der Waals surface area contributed by atoms with Crippen LogP contribution in [0.1, 0.15) is 36.8 Å². The normalized spacial score (nSPS) is 17.6. The molecule has 1 aliphatic rings. The Balaban J connectivity index is 1.87. The van der Waals surface area contributed by atoms with E-state index in [0.717, 1.165) is 25.2 Å². The van der Waals surface area contributed by atoms with Gasteiger partial charge in [0.15, 0.2) is 0 Å². The molecule has 2 aromatic heterocycles. The molecule has 3 heterocycles. The van der Waals surface area contributed by atoms with Crippen LogP contribution in [0.15, 0.2) is 23.6 Å². The summed E-state index contributed by atoms with van der Waals surface area (Å²) in [6.45, 7) is 5.93. The summed E-state index contributed by atoms with van der Waals surface area (Å²) in [7, 11) is 0. The van der Waals surface area contributed by atoms with Crippen LogP contribution in [-0.2, 0) is 6.42 Å². The van der Waals surface area contributed by atoms with Crippen LogP contribution in [0.4, 0.5) is 11.5 Å². The summed E-state index contributed by atoms with van der Waals surface area (Å²) in [5.74, 6) is 1.50. The monoisotopic (exact) mass is 303 g/mol. The first-order chi connectivity index (χ1) is 10.2. The standard InChI is InChI=1S/C16H21N3OS/c1-3-9-20-16-13(17)4-5-15(18-16)19-8-6-14-12(11(19)2)7-10-21-14/h4-5,7,10-11H,3,6,8-9,17H2,1-2H3. The van der Waals surface area contributed by atoms with Crippen LogP contribution < -0.4 is 15.4 Å². The quantitative estimate of drug-likeness (QED) is 0.937. The lowest BCUT2D eigenvalue weighted by molar-refractivity contribution is 0.307. The zero-order valence-electron chi connectivity index (χ0n) is 12.5. The van der Waals surface area contributed by atoms with Crippen molar-refractivity contribution in [3.05, 3.63) is 34.0 Å². The summed E-state index contributed by atoms with van der Waals surface area (Å²) in [4.78, 5) is 8.45. The minimum absolute atomic E-state index is 0.343. The SMILES string of the molecule is CCCOc1nc(N2CCc3sccc3C2C)ccc1N. The van der Waals surface area contributed by atoms with Crippen LogP contribution in [0.25, 0.3) is 0 Å². The summed E-state index contributed by atoms with van der Waals surface area (Å²) >= 11 is 1.85. The molecule has 4 nitrogen and oxygen atoms in total. The zero-order chi connectivity index (χ0) is 14.8. The first-order valence-electron chi connectivity index (χ1n) is 7.43.